The second-order valence-corrected chi connectivity index (χ2v) is 2.82. The van der Waals surface area contributed by atoms with E-state index in [1.807, 2.05) is 31.2 Å². The van der Waals surface area contributed by atoms with Gasteiger partial charge in [-0.25, -0.2) is 5.84 Å². The van der Waals surface area contributed by atoms with Crippen LogP contribution < -0.4 is 21.3 Å². The first-order valence-electron chi connectivity index (χ1n) is 4.72. The number of guanidine groups is 1. The summed E-state index contributed by atoms with van der Waals surface area (Å²) in [5.41, 5.74) is 3.36. The van der Waals surface area contributed by atoms with E-state index in [-0.39, 0.29) is 0 Å². The number of hydrogen-bond acceptors (Lipinski definition) is 3. The lowest BCUT2D eigenvalue weighted by molar-refractivity contribution is 0.415. The van der Waals surface area contributed by atoms with Gasteiger partial charge in [0.25, 0.3) is 0 Å². The molecule has 0 bridgehead atoms. The first-order valence-corrected chi connectivity index (χ1v) is 4.72. The largest absolute Gasteiger partial charge is 0.497 e. The number of ether oxygens (including phenoxy) is 1. The summed E-state index contributed by atoms with van der Waals surface area (Å²) < 4.78 is 5.10. The molecule has 0 saturated carbocycles. The van der Waals surface area contributed by atoms with Crippen LogP contribution >= 0.6 is 0 Å². The Bertz CT molecular complexity index is 338. The summed E-state index contributed by atoms with van der Waals surface area (Å²) in [6.45, 7) is 2.60. The van der Waals surface area contributed by atoms with Crippen LogP contribution in [0.2, 0.25) is 0 Å². The Morgan fingerprint density at radius 3 is 2.93 bits per heavy atom. The van der Waals surface area contributed by atoms with E-state index in [1.54, 1.807) is 7.11 Å². The average Bonchev–Trinajstić information content (AvgIpc) is 2.29. The van der Waals surface area contributed by atoms with Crippen LogP contribution in [-0.2, 0) is 0 Å². The highest BCUT2D eigenvalue weighted by molar-refractivity contribution is 5.93. The van der Waals surface area contributed by atoms with E-state index < -0.39 is 0 Å². The number of aliphatic imine (C=N–C) groups is 1. The van der Waals surface area contributed by atoms with Gasteiger partial charge in [0.15, 0.2) is 0 Å². The lowest BCUT2D eigenvalue weighted by Gasteiger charge is -2.09. The molecule has 0 aliphatic carbocycles. The molecular weight excluding hydrogens is 192 g/mol. The van der Waals surface area contributed by atoms with Crippen molar-refractivity contribution in [2.45, 2.75) is 6.92 Å². The van der Waals surface area contributed by atoms with Crippen LogP contribution in [0.4, 0.5) is 5.69 Å². The number of anilines is 1. The molecule has 1 rings (SSSR count). The fraction of sp³-hybridized carbons (Fsp3) is 0.300. The van der Waals surface area contributed by atoms with Gasteiger partial charge < -0.3 is 10.1 Å². The number of nitrogens with zero attached hydrogens (tertiary/aromatic N) is 1. The fourth-order valence-corrected chi connectivity index (χ4v) is 1.12. The van der Waals surface area contributed by atoms with Crippen molar-refractivity contribution in [3.63, 3.8) is 0 Å². The van der Waals surface area contributed by atoms with Crippen LogP contribution in [0, 0.1) is 0 Å². The van der Waals surface area contributed by atoms with Crippen LogP contribution in [-0.4, -0.2) is 19.6 Å². The zero-order chi connectivity index (χ0) is 11.1. The van der Waals surface area contributed by atoms with E-state index in [1.165, 1.54) is 0 Å². The number of nitrogens with two attached hydrogens (primary N) is 1. The van der Waals surface area contributed by atoms with E-state index in [0.29, 0.717) is 12.5 Å². The Morgan fingerprint density at radius 1 is 1.53 bits per heavy atom. The number of rotatable bonds is 3. The molecule has 0 amide bonds. The third kappa shape index (κ3) is 3.47. The predicted octanol–water partition coefficient (Wildman–Crippen LogP) is 0.946. The average molecular weight is 208 g/mol. The Morgan fingerprint density at radius 2 is 2.33 bits per heavy atom. The molecule has 0 fully saturated rings. The molecule has 0 heterocycles. The molecular formula is C10H16N4O. The Balaban J connectivity index is 2.74. The summed E-state index contributed by atoms with van der Waals surface area (Å²) in [7, 11) is 1.63. The van der Waals surface area contributed by atoms with Gasteiger partial charge in [-0.05, 0) is 19.1 Å². The third-order valence-corrected chi connectivity index (χ3v) is 1.79. The molecule has 0 saturated heterocycles. The highest BCUT2D eigenvalue weighted by Crippen LogP contribution is 2.16. The molecule has 15 heavy (non-hydrogen) atoms. The van der Waals surface area contributed by atoms with E-state index in [0.717, 1.165) is 11.4 Å². The van der Waals surface area contributed by atoms with Crippen molar-refractivity contribution >= 4 is 11.6 Å². The van der Waals surface area contributed by atoms with Gasteiger partial charge in [-0.2, -0.15) is 0 Å². The van der Waals surface area contributed by atoms with Crippen molar-refractivity contribution in [2.24, 2.45) is 10.8 Å². The second kappa shape index (κ2) is 5.87. The monoisotopic (exact) mass is 208 g/mol. The molecule has 0 aliphatic rings. The van der Waals surface area contributed by atoms with Gasteiger partial charge in [0.05, 0.1) is 7.11 Å². The molecule has 0 atom stereocenters. The molecule has 5 nitrogen and oxygen atoms in total. The quantitative estimate of drug-likeness (QED) is 0.299. The highest BCUT2D eigenvalue weighted by Gasteiger charge is 1.98. The van der Waals surface area contributed by atoms with Crippen molar-refractivity contribution in [1.82, 2.24) is 5.43 Å². The maximum absolute atomic E-state index is 5.30. The van der Waals surface area contributed by atoms with E-state index in [4.69, 9.17) is 10.6 Å². The van der Waals surface area contributed by atoms with Gasteiger partial charge in [0.1, 0.15) is 5.75 Å². The molecule has 0 radical (unpaired) electrons. The standard InChI is InChI=1S/C10H16N4O/c1-3-12-10(14-11)13-8-5-4-6-9(7-8)15-2/h4-7H,3,11H2,1-2H3,(H2,12,13,14). The van der Waals surface area contributed by atoms with Crippen molar-refractivity contribution in [3.05, 3.63) is 24.3 Å². The van der Waals surface area contributed by atoms with Gasteiger partial charge in [0.2, 0.25) is 5.96 Å². The molecule has 1 aromatic rings. The second-order valence-electron chi connectivity index (χ2n) is 2.82. The fourth-order valence-electron chi connectivity index (χ4n) is 1.12. The molecule has 0 aliphatic heterocycles. The van der Waals surface area contributed by atoms with Crippen LogP contribution in [0.25, 0.3) is 0 Å². The van der Waals surface area contributed by atoms with Crippen molar-refractivity contribution in [1.29, 1.82) is 0 Å². The summed E-state index contributed by atoms with van der Waals surface area (Å²) in [6, 6.07) is 7.53. The topological polar surface area (TPSA) is 71.7 Å². The lowest BCUT2D eigenvalue weighted by Crippen LogP contribution is -2.36. The highest BCUT2D eigenvalue weighted by atomic mass is 16.5. The first kappa shape index (κ1) is 11.3. The van der Waals surface area contributed by atoms with Crippen LogP contribution in [0.5, 0.6) is 5.75 Å². The van der Waals surface area contributed by atoms with Gasteiger partial charge in [0, 0.05) is 18.3 Å². The number of hydrazine groups is 1. The zero-order valence-corrected chi connectivity index (χ0v) is 8.95. The van der Waals surface area contributed by atoms with Crippen LogP contribution in [0.15, 0.2) is 29.3 Å². The summed E-state index contributed by atoms with van der Waals surface area (Å²) in [4.78, 5) is 4.12. The summed E-state index contributed by atoms with van der Waals surface area (Å²) in [5, 5.41) is 3.04. The summed E-state index contributed by atoms with van der Waals surface area (Å²) in [5.74, 6) is 6.62. The summed E-state index contributed by atoms with van der Waals surface area (Å²) in [6.07, 6.45) is 0. The van der Waals surface area contributed by atoms with Gasteiger partial charge >= 0.3 is 0 Å². The molecule has 0 aromatic heterocycles. The van der Waals surface area contributed by atoms with E-state index in [9.17, 15) is 0 Å². The molecule has 0 spiro atoms. The molecule has 4 N–H and O–H groups in total. The predicted molar refractivity (Wildman–Crippen MR) is 61.9 cm³/mol. The van der Waals surface area contributed by atoms with E-state index >= 15 is 0 Å². The first-order chi connectivity index (χ1) is 7.30. The normalized spacial score (nSPS) is 11.0. The number of hydrogen-bond donors (Lipinski definition) is 3. The Labute approximate surface area is 89.3 Å². The maximum Gasteiger partial charge on any atom is 0.210 e. The number of nitrogens with one attached hydrogen (secondary N) is 2. The maximum atomic E-state index is 5.30. The lowest BCUT2D eigenvalue weighted by atomic mass is 10.3. The zero-order valence-electron chi connectivity index (χ0n) is 8.95. The molecule has 5 heteroatoms. The minimum Gasteiger partial charge on any atom is -0.497 e. The van der Waals surface area contributed by atoms with Crippen molar-refractivity contribution in [2.75, 3.05) is 19.0 Å². The number of methoxy groups -OCH3 is 1. The minimum atomic E-state index is 0.533. The van der Waals surface area contributed by atoms with Crippen LogP contribution in [0.3, 0.4) is 0 Å². The summed E-state index contributed by atoms with van der Waals surface area (Å²) >= 11 is 0. The Kier molecular flexibility index (Phi) is 4.43. The van der Waals surface area contributed by atoms with Gasteiger partial charge in [-0.1, -0.05) is 6.07 Å². The molecule has 82 valence electrons. The van der Waals surface area contributed by atoms with Gasteiger partial charge in [-0.15, -0.1) is 0 Å². The van der Waals surface area contributed by atoms with Crippen LogP contribution in [0.1, 0.15) is 6.92 Å². The smallest absolute Gasteiger partial charge is 0.210 e. The van der Waals surface area contributed by atoms with Crippen molar-refractivity contribution in [3.8, 4) is 5.75 Å². The molecule has 0 unspecified atom stereocenters. The number of benzene rings is 1. The Hall–Kier alpha value is -1.75. The van der Waals surface area contributed by atoms with E-state index in [2.05, 4.69) is 15.7 Å². The van der Waals surface area contributed by atoms with Gasteiger partial charge in [-0.3, -0.25) is 10.4 Å². The van der Waals surface area contributed by atoms with Crippen molar-refractivity contribution < 1.29 is 4.74 Å². The minimum absolute atomic E-state index is 0.533. The SMILES string of the molecule is CCN=C(NN)Nc1cccc(OC)c1. The molecule has 1 aromatic carbocycles. The third-order valence-electron chi connectivity index (χ3n) is 1.79.